The zero-order valence-corrected chi connectivity index (χ0v) is 19.5. The molecule has 180 valence electrons. The van der Waals surface area contributed by atoms with Gasteiger partial charge in [0.15, 0.2) is 0 Å². The van der Waals surface area contributed by atoms with Crippen LogP contribution in [0.3, 0.4) is 0 Å². The monoisotopic (exact) mass is 444 g/mol. The van der Waals surface area contributed by atoms with Gasteiger partial charge in [-0.25, -0.2) is 8.78 Å². The molecule has 2 aliphatic carbocycles. The highest BCUT2D eigenvalue weighted by Crippen LogP contribution is 2.78. The lowest BCUT2D eigenvalue weighted by Crippen LogP contribution is -2.33. The summed E-state index contributed by atoms with van der Waals surface area (Å²) in [7, 11) is 0. The van der Waals surface area contributed by atoms with Gasteiger partial charge in [0.05, 0.1) is 18.3 Å². The van der Waals surface area contributed by atoms with Crippen LogP contribution in [0.1, 0.15) is 97.8 Å². The minimum Gasteiger partial charge on any atom is -0.466 e. The number of alkyl halides is 2. The highest BCUT2D eigenvalue weighted by Gasteiger charge is 2.85. The normalized spacial score (nSPS) is 30.9. The SMILES string of the molecule is CCCCCC(C)(O)CC[C@]12[C@H](C[C@H](O)[C@@H]1CC=CCCCC(=O)OCCC)C2(F)F. The van der Waals surface area contributed by atoms with E-state index in [0.29, 0.717) is 45.1 Å². The Kier molecular flexibility index (Phi) is 9.50. The average Bonchev–Trinajstić information content (AvgIpc) is 3.00. The van der Waals surface area contributed by atoms with Gasteiger partial charge in [-0.3, -0.25) is 4.79 Å². The van der Waals surface area contributed by atoms with E-state index in [9.17, 15) is 23.8 Å². The molecule has 0 aromatic carbocycles. The van der Waals surface area contributed by atoms with Crippen molar-refractivity contribution in [3.05, 3.63) is 12.2 Å². The lowest BCUT2D eigenvalue weighted by atomic mass is 9.78. The van der Waals surface area contributed by atoms with Gasteiger partial charge >= 0.3 is 5.97 Å². The Balaban J connectivity index is 1.86. The van der Waals surface area contributed by atoms with Crippen LogP contribution in [0.25, 0.3) is 0 Å². The van der Waals surface area contributed by atoms with Crippen molar-refractivity contribution in [3.63, 3.8) is 0 Å². The smallest absolute Gasteiger partial charge is 0.305 e. The van der Waals surface area contributed by atoms with Crippen LogP contribution in [0.4, 0.5) is 8.78 Å². The van der Waals surface area contributed by atoms with Crippen LogP contribution < -0.4 is 0 Å². The molecule has 0 amide bonds. The molecule has 2 N–H and O–H groups in total. The summed E-state index contributed by atoms with van der Waals surface area (Å²) in [6.45, 7) is 6.23. The van der Waals surface area contributed by atoms with Crippen LogP contribution >= 0.6 is 0 Å². The summed E-state index contributed by atoms with van der Waals surface area (Å²) in [6.07, 6.45) is 10.3. The first-order valence-electron chi connectivity index (χ1n) is 12.2. The fourth-order valence-electron chi connectivity index (χ4n) is 5.43. The van der Waals surface area contributed by atoms with E-state index >= 15 is 0 Å². The van der Waals surface area contributed by atoms with Crippen molar-refractivity contribution in [2.24, 2.45) is 17.3 Å². The number of hydrogen-bond acceptors (Lipinski definition) is 4. The quantitative estimate of drug-likeness (QED) is 0.190. The van der Waals surface area contributed by atoms with E-state index in [4.69, 9.17) is 4.74 Å². The Morgan fingerprint density at radius 2 is 1.90 bits per heavy atom. The highest BCUT2D eigenvalue weighted by atomic mass is 19.3. The predicted molar refractivity (Wildman–Crippen MR) is 118 cm³/mol. The summed E-state index contributed by atoms with van der Waals surface area (Å²) in [4.78, 5) is 11.5. The lowest BCUT2D eigenvalue weighted by Gasteiger charge is -2.31. The number of aliphatic hydroxyl groups is 2. The number of carbonyl (C=O) groups is 1. The Morgan fingerprint density at radius 3 is 2.58 bits per heavy atom. The summed E-state index contributed by atoms with van der Waals surface area (Å²) in [5.74, 6) is -4.21. The van der Waals surface area contributed by atoms with Crippen LogP contribution in [0.5, 0.6) is 0 Å². The Bertz CT molecular complexity index is 604. The van der Waals surface area contributed by atoms with Gasteiger partial charge in [-0.1, -0.05) is 45.3 Å². The molecule has 0 aliphatic heterocycles. The number of aliphatic hydroxyl groups excluding tert-OH is 1. The van der Waals surface area contributed by atoms with Crippen molar-refractivity contribution in [1.82, 2.24) is 0 Å². The summed E-state index contributed by atoms with van der Waals surface area (Å²) < 4.78 is 34.5. The molecule has 1 unspecified atom stereocenters. The summed E-state index contributed by atoms with van der Waals surface area (Å²) >= 11 is 0. The van der Waals surface area contributed by atoms with E-state index in [2.05, 4.69) is 6.92 Å². The molecule has 2 saturated carbocycles. The number of unbranched alkanes of at least 4 members (excludes halogenated alkanes) is 3. The third-order valence-electron chi connectivity index (χ3n) is 7.37. The van der Waals surface area contributed by atoms with E-state index in [1.54, 1.807) is 6.92 Å². The standard InChI is InChI=1S/C25H42F2O4/c1-4-6-11-14-23(3,30)15-16-24-19(20(28)18-21(24)25(24,26)27)12-9-7-8-10-13-22(29)31-17-5-2/h7,9,19-21,28,30H,4-6,8,10-18H2,1-3H3/t19-,20-,21-,23?,24+/m0/s1. The van der Waals surface area contributed by atoms with Crippen LogP contribution in [0.15, 0.2) is 12.2 Å². The molecule has 0 saturated heterocycles. The number of allylic oxidation sites excluding steroid dienone is 2. The van der Waals surface area contributed by atoms with Crippen LogP contribution in [-0.4, -0.2) is 40.4 Å². The van der Waals surface area contributed by atoms with E-state index in [-0.39, 0.29) is 18.8 Å². The Labute approximate surface area is 186 Å². The summed E-state index contributed by atoms with van der Waals surface area (Å²) in [6, 6.07) is 0. The first kappa shape index (κ1) is 26.2. The molecule has 0 aromatic heterocycles. The molecule has 0 heterocycles. The van der Waals surface area contributed by atoms with Gasteiger partial charge in [0, 0.05) is 23.7 Å². The fourth-order valence-corrected chi connectivity index (χ4v) is 5.43. The number of ether oxygens (including phenoxy) is 1. The third kappa shape index (κ3) is 6.28. The average molecular weight is 445 g/mol. The molecule has 2 rings (SSSR count). The Hall–Kier alpha value is -1.01. The van der Waals surface area contributed by atoms with Crippen molar-refractivity contribution < 1.29 is 28.5 Å². The van der Waals surface area contributed by atoms with Crippen molar-refractivity contribution in [2.75, 3.05) is 6.61 Å². The number of esters is 1. The van der Waals surface area contributed by atoms with E-state index < -0.39 is 34.9 Å². The van der Waals surface area contributed by atoms with Crippen molar-refractivity contribution in [1.29, 1.82) is 0 Å². The van der Waals surface area contributed by atoms with Crippen molar-refractivity contribution in [3.8, 4) is 0 Å². The molecular weight excluding hydrogens is 402 g/mol. The second kappa shape index (κ2) is 11.2. The first-order valence-corrected chi connectivity index (χ1v) is 12.2. The number of hydrogen-bond donors (Lipinski definition) is 2. The largest absolute Gasteiger partial charge is 0.466 e. The van der Waals surface area contributed by atoms with Gasteiger partial charge in [-0.05, 0) is 58.3 Å². The number of carbonyl (C=O) groups excluding carboxylic acids is 1. The molecule has 0 radical (unpaired) electrons. The lowest BCUT2D eigenvalue weighted by molar-refractivity contribution is -0.143. The molecule has 6 heteroatoms. The molecule has 5 atom stereocenters. The molecule has 0 aromatic rings. The summed E-state index contributed by atoms with van der Waals surface area (Å²) in [5, 5.41) is 21.1. The predicted octanol–water partition coefficient (Wildman–Crippen LogP) is 5.80. The second-order valence-corrected chi connectivity index (χ2v) is 9.90. The van der Waals surface area contributed by atoms with Crippen LogP contribution in [0.2, 0.25) is 0 Å². The zero-order valence-electron chi connectivity index (χ0n) is 19.5. The maximum absolute atomic E-state index is 14.8. The topological polar surface area (TPSA) is 66.8 Å². The van der Waals surface area contributed by atoms with Crippen molar-refractivity contribution in [2.45, 2.75) is 115 Å². The van der Waals surface area contributed by atoms with Crippen LogP contribution in [-0.2, 0) is 9.53 Å². The van der Waals surface area contributed by atoms with Gasteiger partial charge in [-0.2, -0.15) is 0 Å². The minimum atomic E-state index is -2.76. The molecular formula is C25H42F2O4. The number of halogens is 2. The van der Waals surface area contributed by atoms with Crippen LogP contribution in [0, 0.1) is 17.3 Å². The molecule has 31 heavy (non-hydrogen) atoms. The molecule has 2 aliphatic rings. The van der Waals surface area contributed by atoms with Gasteiger partial charge in [-0.15, -0.1) is 0 Å². The summed E-state index contributed by atoms with van der Waals surface area (Å²) in [5.41, 5.74) is -2.12. The molecule has 0 bridgehead atoms. The van der Waals surface area contributed by atoms with E-state index in [0.717, 1.165) is 25.7 Å². The third-order valence-corrected chi connectivity index (χ3v) is 7.37. The van der Waals surface area contributed by atoms with E-state index in [1.165, 1.54) is 0 Å². The van der Waals surface area contributed by atoms with Gasteiger partial charge < -0.3 is 14.9 Å². The van der Waals surface area contributed by atoms with Crippen molar-refractivity contribution >= 4 is 5.97 Å². The van der Waals surface area contributed by atoms with Gasteiger partial charge in [0.2, 0.25) is 0 Å². The van der Waals surface area contributed by atoms with Gasteiger partial charge in [0.25, 0.3) is 5.92 Å². The zero-order chi connectivity index (χ0) is 23.1. The molecule has 0 spiro atoms. The molecule has 4 nitrogen and oxygen atoms in total. The Morgan fingerprint density at radius 1 is 1.16 bits per heavy atom. The highest BCUT2D eigenvalue weighted by molar-refractivity contribution is 5.69. The number of fused-ring (bicyclic) bond motifs is 1. The maximum Gasteiger partial charge on any atom is 0.305 e. The second-order valence-electron chi connectivity index (χ2n) is 9.90. The minimum absolute atomic E-state index is 0.146. The van der Waals surface area contributed by atoms with Gasteiger partial charge in [0.1, 0.15) is 0 Å². The first-order chi connectivity index (χ1) is 14.6. The fraction of sp³-hybridized carbons (Fsp3) is 0.880. The number of rotatable bonds is 15. The van der Waals surface area contributed by atoms with E-state index in [1.807, 2.05) is 19.1 Å². The molecule has 2 fully saturated rings. The maximum atomic E-state index is 14.8.